The lowest BCUT2D eigenvalue weighted by Crippen LogP contribution is -2.05. The van der Waals surface area contributed by atoms with E-state index in [-0.39, 0.29) is 28.2 Å². The molecule has 0 fully saturated rings. The second-order valence-electron chi connectivity index (χ2n) is 9.69. The summed E-state index contributed by atoms with van der Waals surface area (Å²) >= 11 is 3.33. The van der Waals surface area contributed by atoms with Gasteiger partial charge < -0.3 is 0 Å². The zero-order chi connectivity index (χ0) is 29.6. The Labute approximate surface area is 258 Å². The van der Waals surface area contributed by atoms with Gasteiger partial charge in [0.05, 0.1) is 10.9 Å². The van der Waals surface area contributed by atoms with Gasteiger partial charge in [0.1, 0.15) is 0 Å². The molecule has 0 aliphatic carbocycles. The lowest BCUT2D eigenvalue weighted by molar-refractivity contribution is 0.100. The van der Waals surface area contributed by atoms with Gasteiger partial charge in [-0.1, -0.05) is 47.8 Å². The van der Waals surface area contributed by atoms with Crippen molar-refractivity contribution >= 4 is 51.8 Å². The highest BCUT2D eigenvalue weighted by atomic mass is 32.2. The van der Waals surface area contributed by atoms with Crippen LogP contribution in [0.4, 0.5) is 0 Å². The molecule has 3 nitrogen and oxygen atoms in total. The maximum atomic E-state index is 11.9. The van der Waals surface area contributed by atoms with Crippen molar-refractivity contribution in [3.63, 3.8) is 0 Å². The standard InChI is InChI=1S/C36H29O3S3/c1-24(37)27-4-10-30(11-5-27)40-32-14-20-35(21-15-32)42(34-18-8-29(9-19-34)26(3)39)36-22-16-33(17-23-36)41-31-12-6-28(7-13-31)25(2)38/h4-23H,1-3H3/q+1. The van der Waals surface area contributed by atoms with E-state index in [1.54, 1.807) is 44.3 Å². The Kier molecular flexibility index (Phi) is 9.48. The number of hydrogen-bond acceptors (Lipinski definition) is 5. The Morgan fingerprint density at radius 1 is 0.381 bits per heavy atom. The highest BCUT2D eigenvalue weighted by Crippen LogP contribution is 2.36. The Bertz CT molecular complexity index is 1600. The molecule has 0 aliphatic rings. The van der Waals surface area contributed by atoms with E-state index >= 15 is 0 Å². The first kappa shape index (κ1) is 29.6. The molecule has 0 unspecified atom stereocenters. The molecule has 0 aliphatic heterocycles. The second kappa shape index (κ2) is 13.4. The zero-order valence-corrected chi connectivity index (χ0v) is 25.9. The van der Waals surface area contributed by atoms with Crippen LogP contribution in [-0.2, 0) is 10.9 Å². The van der Waals surface area contributed by atoms with Crippen LogP contribution in [0.1, 0.15) is 51.8 Å². The molecule has 5 aromatic rings. The summed E-state index contributed by atoms with van der Waals surface area (Å²) in [6.45, 7) is 4.74. The molecule has 0 radical (unpaired) electrons. The van der Waals surface area contributed by atoms with Crippen LogP contribution in [0.15, 0.2) is 156 Å². The van der Waals surface area contributed by atoms with Crippen molar-refractivity contribution in [1.82, 2.24) is 0 Å². The fraction of sp³-hybridized carbons (Fsp3) is 0.0833. The van der Waals surface area contributed by atoms with Gasteiger partial charge in [0, 0.05) is 36.3 Å². The average molecular weight is 606 g/mol. The van der Waals surface area contributed by atoms with Crippen molar-refractivity contribution in [2.75, 3.05) is 0 Å². The van der Waals surface area contributed by atoms with Gasteiger partial charge in [-0.3, -0.25) is 14.4 Å². The molecule has 0 N–H and O–H groups in total. The Morgan fingerprint density at radius 2 is 0.595 bits per heavy atom. The first-order valence-electron chi connectivity index (χ1n) is 13.4. The Morgan fingerprint density at radius 3 is 0.857 bits per heavy atom. The van der Waals surface area contributed by atoms with Gasteiger partial charge in [0.15, 0.2) is 32.0 Å². The van der Waals surface area contributed by atoms with Gasteiger partial charge in [0.25, 0.3) is 0 Å². The van der Waals surface area contributed by atoms with Crippen molar-refractivity contribution in [2.45, 2.75) is 55.0 Å². The van der Waals surface area contributed by atoms with Crippen LogP contribution in [0.25, 0.3) is 0 Å². The number of rotatable bonds is 10. The van der Waals surface area contributed by atoms with Crippen LogP contribution < -0.4 is 0 Å². The maximum Gasteiger partial charge on any atom is 0.166 e. The third-order valence-electron chi connectivity index (χ3n) is 6.61. The van der Waals surface area contributed by atoms with Crippen LogP contribution in [0.3, 0.4) is 0 Å². The molecule has 5 aromatic carbocycles. The summed E-state index contributed by atoms with van der Waals surface area (Å²) in [5, 5.41) is 0. The summed E-state index contributed by atoms with van der Waals surface area (Å²) in [6, 6.07) is 40.5. The molecule has 0 atom stereocenters. The molecule has 0 heterocycles. The Hall–Kier alpha value is -3.84. The number of hydrogen-bond donors (Lipinski definition) is 0. The third-order valence-corrected chi connectivity index (χ3v) is 10.9. The van der Waals surface area contributed by atoms with Crippen LogP contribution in [-0.4, -0.2) is 17.3 Å². The average Bonchev–Trinajstić information content (AvgIpc) is 3.00. The largest absolute Gasteiger partial charge is 0.295 e. The van der Waals surface area contributed by atoms with Gasteiger partial charge in [-0.15, -0.1) is 0 Å². The van der Waals surface area contributed by atoms with Gasteiger partial charge in [-0.05, 0) is 118 Å². The van der Waals surface area contributed by atoms with Crippen LogP contribution in [0.5, 0.6) is 0 Å². The summed E-state index contributed by atoms with van der Waals surface area (Å²) in [5.41, 5.74) is 2.13. The predicted molar refractivity (Wildman–Crippen MR) is 173 cm³/mol. The molecule has 0 amide bonds. The second-order valence-corrected chi connectivity index (χ2v) is 14.0. The van der Waals surface area contributed by atoms with Crippen molar-refractivity contribution in [3.8, 4) is 0 Å². The smallest absolute Gasteiger partial charge is 0.166 e. The summed E-state index contributed by atoms with van der Waals surface area (Å²) in [5.74, 6) is 0.181. The van der Waals surface area contributed by atoms with Crippen molar-refractivity contribution < 1.29 is 14.4 Å². The van der Waals surface area contributed by atoms with E-state index in [2.05, 4.69) is 60.7 Å². The molecule has 42 heavy (non-hydrogen) atoms. The van der Waals surface area contributed by atoms with Crippen LogP contribution in [0, 0.1) is 0 Å². The molecule has 0 bridgehead atoms. The predicted octanol–water partition coefficient (Wildman–Crippen LogP) is 9.69. The molecular weight excluding hydrogens is 577 g/mol. The number of ketones is 3. The number of benzene rings is 5. The summed E-state index contributed by atoms with van der Waals surface area (Å²) in [4.78, 5) is 43.0. The monoisotopic (exact) mass is 605 g/mol. The fourth-order valence-corrected chi connectivity index (χ4v) is 7.98. The normalized spacial score (nSPS) is 11.0. The summed E-state index contributed by atoms with van der Waals surface area (Å²) < 4.78 is 0. The molecule has 6 heteroatoms. The third kappa shape index (κ3) is 7.32. The van der Waals surface area contributed by atoms with E-state index in [4.69, 9.17) is 0 Å². The first-order chi connectivity index (χ1) is 20.3. The molecular formula is C36H29O3S3+. The van der Waals surface area contributed by atoms with E-state index in [0.29, 0.717) is 16.7 Å². The van der Waals surface area contributed by atoms with Gasteiger partial charge in [0.2, 0.25) is 0 Å². The summed E-state index contributed by atoms with van der Waals surface area (Å²) in [7, 11) is -0.367. The molecule has 5 rings (SSSR count). The van der Waals surface area contributed by atoms with E-state index in [1.807, 2.05) is 60.7 Å². The van der Waals surface area contributed by atoms with Crippen molar-refractivity contribution in [2.24, 2.45) is 0 Å². The maximum absolute atomic E-state index is 11.9. The van der Waals surface area contributed by atoms with E-state index in [1.165, 1.54) is 9.79 Å². The molecule has 0 aromatic heterocycles. The van der Waals surface area contributed by atoms with Gasteiger partial charge in [-0.2, -0.15) is 0 Å². The van der Waals surface area contributed by atoms with Crippen molar-refractivity contribution in [1.29, 1.82) is 0 Å². The minimum Gasteiger partial charge on any atom is -0.295 e. The van der Waals surface area contributed by atoms with Crippen LogP contribution >= 0.6 is 23.5 Å². The minimum atomic E-state index is -0.367. The van der Waals surface area contributed by atoms with E-state index in [0.717, 1.165) is 24.5 Å². The minimum absolute atomic E-state index is 0.0526. The molecule has 0 saturated heterocycles. The number of Topliss-reactive ketones (excluding diaryl/α,β-unsaturated/α-hetero) is 3. The highest BCUT2D eigenvalue weighted by molar-refractivity contribution is 7.99. The van der Waals surface area contributed by atoms with Crippen LogP contribution in [0.2, 0.25) is 0 Å². The SMILES string of the molecule is CC(=O)c1ccc(Sc2ccc([S+](c3ccc(Sc4ccc(C(C)=O)cc4)cc3)c3ccc(C(C)=O)cc3)cc2)cc1. The molecule has 208 valence electrons. The number of carbonyl (C=O) groups is 3. The van der Waals surface area contributed by atoms with E-state index < -0.39 is 0 Å². The lowest BCUT2D eigenvalue weighted by atomic mass is 10.2. The van der Waals surface area contributed by atoms with Gasteiger partial charge >= 0.3 is 0 Å². The van der Waals surface area contributed by atoms with Crippen molar-refractivity contribution in [3.05, 3.63) is 138 Å². The van der Waals surface area contributed by atoms with Gasteiger partial charge in [-0.25, -0.2) is 0 Å². The first-order valence-corrected chi connectivity index (χ1v) is 16.3. The lowest BCUT2D eigenvalue weighted by Gasteiger charge is -2.10. The van der Waals surface area contributed by atoms with E-state index in [9.17, 15) is 14.4 Å². The summed E-state index contributed by atoms with van der Waals surface area (Å²) in [6.07, 6.45) is 0. The fourth-order valence-electron chi connectivity index (χ4n) is 4.31. The Balaban J connectivity index is 1.40. The number of carbonyl (C=O) groups excluding carboxylic acids is 3. The highest BCUT2D eigenvalue weighted by Gasteiger charge is 2.29. The molecule has 0 saturated carbocycles. The topological polar surface area (TPSA) is 51.2 Å². The zero-order valence-electron chi connectivity index (χ0n) is 23.5. The quantitative estimate of drug-likeness (QED) is 0.117. The molecule has 0 spiro atoms.